The zero-order valence-corrected chi connectivity index (χ0v) is 17.6. The second-order valence-electron chi connectivity index (χ2n) is 6.79. The van der Waals surface area contributed by atoms with Gasteiger partial charge in [-0.05, 0) is 42.5 Å². The quantitative estimate of drug-likeness (QED) is 0.669. The fourth-order valence-corrected chi connectivity index (χ4v) is 5.28. The van der Waals surface area contributed by atoms with E-state index in [1.165, 1.54) is 27.3 Å². The van der Waals surface area contributed by atoms with Gasteiger partial charge in [-0.25, -0.2) is 0 Å². The Kier molecular flexibility index (Phi) is 5.87. The number of ether oxygens (including phenoxy) is 1. The van der Waals surface area contributed by atoms with E-state index in [1.807, 2.05) is 29.8 Å². The SMILES string of the molecule is Cc1sc(NC(=O)c2cccs2)c([C@@H](c2cccnc2)N2CCOCC2)c1C. The predicted octanol–water partition coefficient (Wildman–Crippen LogP) is 4.50. The summed E-state index contributed by atoms with van der Waals surface area (Å²) in [6.45, 7) is 7.40. The number of thiophene rings is 2. The van der Waals surface area contributed by atoms with Gasteiger partial charge in [0.2, 0.25) is 0 Å². The largest absolute Gasteiger partial charge is 0.379 e. The van der Waals surface area contributed by atoms with Crippen LogP contribution in [0.5, 0.6) is 0 Å². The Bertz CT molecular complexity index is 932. The van der Waals surface area contributed by atoms with E-state index in [-0.39, 0.29) is 11.9 Å². The number of nitrogens with zero attached hydrogens (tertiary/aromatic N) is 2. The molecule has 1 atom stereocenters. The van der Waals surface area contributed by atoms with Gasteiger partial charge in [0.15, 0.2) is 0 Å². The minimum absolute atomic E-state index is 0.0428. The molecule has 1 N–H and O–H groups in total. The highest BCUT2D eigenvalue weighted by molar-refractivity contribution is 7.17. The number of aryl methyl sites for hydroxylation is 1. The highest BCUT2D eigenvalue weighted by atomic mass is 32.1. The number of rotatable bonds is 5. The number of carbonyl (C=O) groups is 1. The molecular formula is C21H23N3O2S2. The first-order valence-corrected chi connectivity index (χ1v) is 11.0. The summed E-state index contributed by atoms with van der Waals surface area (Å²) in [4.78, 5) is 21.5. The molecule has 1 aliphatic rings. The van der Waals surface area contributed by atoms with Crippen LogP contribution in [0.3, 0.4) is 0 Å². The van der Waals surface area contributed by atoms with Gasteiger partial charge in [-0.1, -0.05) is 12.1 Å². The van der Waals surface area contributed by atoms with Crippen molar-refractivity contribution in [2.75, 3.05) is 31.6 Å². The van der Waals surface area contributed by atoms with Crippen LogP contribution in [0, 0.1) is 13.8 Å². The molecule has 4 rings (SSSR count). The monoisotopic (exact) mass is 413 g/mol. The second kappa shape index (κ2) is 8.53. The fraction of sp³-hybridized carbons (Fsp3) is 0.333. The van der Waals surface area contributed by atoms with Crippen LogP contribution in [0.2, 0.25) is 0 Å². The number of pyridine rings is 1. The first kappa shape index (κ1) is 19.3. The lowest BCUT2D eigenvalue weighted by molar-refractivity contribution is 0.0239. The van der Waals surface area contributed by atoms with E-state index >= 15 is 0 Å². The van der Waals surface area contributed by atoms with Gasteiger partial charge in [-0.3, -0.25) is 14.7 Å². The molecule has 7 heteroatoms. The number of nitrogens with one attached hydrogen (secondary N) is 1. The molecule has 0 saturated carbocycles. The van der Waals surface area contributed by atoms with E-state index < -0.39 is 0 Å². The van der Waals surface area contributed by atoms with Crippen molar-refractivity contribution in [1.82, 2.24) is 9.88 Å². The van der Waals surface area contributed by atoms with Crippen LogP contribution in [0.25, 0.3) is 0 Å². The van der Waals surface area contributed by atoms with Crippen LogP contribution < -0.4 is 5.32 Å². The van der Waals surface area contributed by atoms with E-state index in [0.29, 0.717) is 0 Å². The predicted molar refractivity (Wildman–Crippen MR) is 115 cm³/mol. The van der Waals surface area contributed by atoms with E-state index in [1.54, 1.807) is 17.5 Å². The lowest BCUT2D eigenvalue weighted by Gasteiger charge is -2.35. The Morgan fingerprint density at radius 3 is 2.75 bits per heavy atom. The van der Waals surface area contributed by atoms with Gasteiger partial charge in [0.1, 0.15) is 5.00 Å². The Morgan fingerprint density at radius 1 is 1.25 bits per heavy atom. The first-order chi connectivity index (χ1) is 13.6. The van der Waals surface area contributed by atoms with Crippen LogP contribution in [0.15, 0.2) is 42.0 Å². The van der Waals surface area contributed by atoms with Gasteiger partial charge >= 0.3 is 0 Å². The molecule has 3 aromatic rings. The third-order valence-electron chi connectivity index (χ3n) is 5.09. The number of carbonyl (C=O) groups excluding carboxylic acids is 1. The van der Waals surface area contributed by atoms with Gasteiger partial charge in [-0.2, -0.15) is 0 Å². The minimum atomic E-state index is -0.0515. The molecule has 0 bridgehead atoms. The van der Waals surface area contributed by atoms with E-state index in [2.05, 4.69) is 35.1 Å². The maximum atomic E-state index is 12.7. The molecule has 1 saturated heterocycles. The van der Waals surface area contributed by atoms with Crippen molar-refractivity contribution < 1.29 is 9.53 Å². The minimum Gasteiger partial charge on any atom is -0.379 e. The molecular weight excluding hydrogens is 390 g/mol. The van der Waals surface area contributed by atoms with Crippen LogP contribution in [0.4, 0.5) is 5.00 Å². The summed E-state index contributed by atoms with van der Waals surface area (Å²) in [6.07, 6.45) is 3.72. The summed E-state index contributed by atoms with van der Waals surface area (Å²) in [5.74, 6) is -0.0515. The molecule has 4 heterocycles. The van der Waals surface area contributed by atoms with Crippen LogP contribution >= 0.6 is 22.7 Å². The van der Waals surface area contributed by atoms with Crippen molar-refractivity contribution in [2.24, 2.45) is 0 Å². The van der Waals surface area contributed by atoms with Crippen LogP contribution in [0.1, 0.15) is 37.3 Å². The van der Waals surface area contributed by atoms with Gasteiger partial charge < -0.3 is 10.1 Å². The normalized spacial score (nSPS) is 16.1. The maximum absolute atomic E-state index is 12.7. The molecule has 0 radical (unpaired) electrons. The van der Waals surface area contributed by atoms with Crippen molar-refractivity contribution in [1.29, 1.82) is 0 Å². The number of amides is 1. The van der Waals surface area contributed by atoms with E-state index in [4.69, 9.17) is 4.74 Å². The lowest BCUT2D eigenvalue weighted by atomic mass is 9.95. The number of hydrogen-bond donors (Lipinski definition) is 1. The number of morpholine rings is 1. The summed E-state index contributed by atoms with van der Waals surface area (Å²) >= 11 is 3.10. The molecule has 0 spiro atoms. The third-order valence-corrected chi connectivity index (χ3v) is 7.10. The molecule has 1 fully saturated rings. The van der Waals surface area contributed by atoms with Crippen molar-refractivity contribution in [2.45, 2.75) is 19.9 Å². The van der Waals surface area contributed by atoms with Gasteiger partial charge in [0, 0.05) is 35.9 Å². The molecule has 3 aromatic heterocycles. The molecule has 1 aliphatic heterocycles. The standard InChI is InChI=1S/C21H23N3O2S2/c1-14-15(2)28-21(23-20(25)17-6-4-12-27-17)18(14)19(16-5-3-7-22-13-16)24-8-10-26-11-9-24/h3-7,12-13,19H,8-11H2,1-2H3,(H,23,25)/t19-/m1/s1. The van der Waals surface area contributed by atoms with Crippen LogP contribution in [-0.4, -0.2) is 42.1 Å². The Morgan fingerprint density at radius 2 is 2.07 bits per heavy atom. The highest BCUT2D eigenvalue weighted by Gasteiger charge is 2.30. The topological polar surface area (TPSA) is 54.5 Å². The smallest absolute Gasteiger partial charge is 0.266 e. The van der Waals surface area contributed by atoms with Crippen molar-refractivity contribution in [3.8, 4) is 0 Å². The molecule has 0 aliphatic carbocycles. The maximum Gasteiger partial charge on any atom is 0.266 e. The molecule has 1 amide bonds. The Labute approximate surface area is 173 Å². The van der Waals surface area contributed by atoms with E-state index in [9.17, 15) is 4.79 Å². The summed E-state index contributed by atoms with van der Waals surface area (Å²) in [7, 11) is 0. The second-order valence-corrected chi connectivity index (χ2v) is 8.97. The highest BCUT2D eigenvalue weighted by Crippen LogP contribution is 2.42. The zero-order valence-electron chi connectivity index (χ0n) is 16.0. The van der Waals surface area contributed by atoms with Crippen molar-refractivity contribution in [3.05, 3.63) is 68.5 Å². The zero-order chi connectivity index (χ0) is 19.5. The lowest BCUT2D eigenvalue weighted by Crippen LogP contribution is -2.40. The summed E-state index contributed by atoms with van der Waals surface area (Å²) in [5.41, 5.74) is 3.53. The number of aromatic nitrogens is 1. The summed E-state index contributed by atoms with van der Waals surface area (Å²) in [5, 5.41) is 6.02. The van der Waals surface area contributed by atoms with Gasteiger partial charge in [0.25, 0.3) is 5.91 Å². The summed E-state index contributed by atoms with van der Waals surface area (Å²) in [6, 6.07) is 7.89. The Balaban J connectivity index is 1.76. The average Bonchev–Trinajstić information content (AvgIpc) is 3.35. The number of anilines is 1. The molecule has 146 valence electrons. The van der Waals surface area contributed by atoms with Crippen molar-refractivity contribution >= 4 is 33.6 Å². The molecule has 0 unspecified atom stereocenters. The molecule has 28 heavy (non-hydrogen) atoms. The van der Waals surface area contributed by atoms with E-state index in [0.717, 1.165) is 41.7 Å². The molecule has 0 aromatic carbocycles. The Hall–Kier alpha value is -2.06. The van der Waals surface area contributed by atoms with Gasteiger partial charge in [-0.15, -0.1) is 22.7 Å². The van der Waals surface area contributed by atoms with Crippen molar-refractivity contribution in [3.63, 3.8) is 0 Å². The molecule has 5 nitrogen and oxygen atoms in total. The average molecular weight is 414 g/mol. The third kappa shape index (κ3) is 3.89. The van der Waals surface area contributed by atoms with Crippen LogP contribution in [-0.2, 0) is 4.74 Å². The summed E-state index contributed by atoms with van der Waals surface area (Å²) < 4.78 is 5.58. The fourth-order valence-electron chi connectivity index (χ4n) is 3.57. The van der Waals surface area contributed by atoms with Gasteiger partial charge in [0.05, 0.1) is 24.1 Å². The number of hydrogen-bond acceptors (Lipinski definition) is 6. The first-order valence-electron chi connectivity index (χ1n) is 9.31.